The first-order valence-corrected chi connectivity index (χ1v) is 7.71. The van der Waals surface area contributed by atoms with E-state index in [2.05, 4.69) is 10.3 Å². The molecule has 0 spiro atoms. The lowest BCUT2D eigenvalue weighted by Crippen LogP contribution is -2.30. The monoisotopic (exact) mass is 346 g/mol. The molecule has 122 valence electrons. The summed E-state index contributed by atoms with van der Waals surface area (Å²) in [7, 11) is 0. The van der Waals surface area contributed by atoms with Gasteiger partial charge in [-0.25, -0.2) is 9.37 Å². The standard InChI is InChI=1S/C16H11FN2O4S/c17-9-3-1-8(2-4-9)12-15-10(5-6-24-15)14(22)13(19-12)16(23)18-7-11(20)21/h1-6,22H,7H2,(H,18,23)(H,20,21). The third-order valence-electron chi connectivity index (χ3n) is 3.32. The highest BCUT2D eigenvalue weighted by atomic mass is 32.1. The number of hydrogen-bond donors (Lipinski definition) is 3. The maximum Gasteiger partial charge on any atom is 0.322 e. The van der Waals surface area contributed by atoms with Gasteiger partial charge in [-0.1, -0.05) is 0 Å². The zero-order chi connectivity index (χ0) is 17.3. The van der Waals surface area contributed by atoms with Crippen molar-refractivity contribution in [2.45, 2.75) is 0 Å². The predicted octanol–water partition coefficient (Wildman–Crippen LogP) is 2.62. The van der Waals surface area contributed by atoms with Gasteiger partial charge >= 0.3 is 5.97 Å². The number of nitrogens with zero attached hydrogens (tertiary/aromatic N) is 1. The van der Waals surface area contributed by atoms with E-state index in [1.807, 2.05) is 0 Å². The minimum absolute atomic E-state index is 0.276. The molecule has 2 aromatic heterocycles. The van der Waals surface area contributed by atoms with Crippen molar-refractivity contribution in [3.8, 4) is 17.0 Å². The second-order valence-electron chi connectivity index (χ2n) is 4.90. The summed E-state index contributed by atoms with van der Waals surface area (Å²) in [6.07, 6.45) is 0. The second kappa shape index (κ2) is 6.25. The molecule has 0 radical (unpaired) electrons. The summed E-state index contributed by atoms with van der Waals surface area (Å²) in [6.45, 7) is -0.590. The maximum absolute atomic E-state index is 13.1. The molecule has 0 aliphatic heterocycles. The molecule has 3 rings (SSSR count). The molecule has 2 heterocycles. The van der Waals surface area contributed by atoms with Gasteiger partial charge in [-0.2, -0.15) is 0 Å². The van der Waals surface area contributed by atoms with Crippen LogP contribution in [0.15, 0.2) is 35.7 Å². The van der Waals surface area contributed by atoms with Gasteiger partial charge < -0.3 is 15.5 Å². The quantitative estimate of drug-likeness (QED) is 0.674. The lowest BCUT2D eigenvalue weighted by atomic mass is 10.1. The Morgan fingerprint density at radius 2 is 1.92 bits per heavy atom. The number of aliphatic carboxylic acids is 1. The molecule has 0 saturated carbocycles. The largest absolute Gasteiger partial charge is 0.505 e. The number of halogens is 1. The molecule has 3 N–H and O–H groups in total. The molecule has 0 aliphatic carbocycles. The van der Waals surface area contributed by atoms with Gasteiger partial charge in [-0.05, 0) is 35.7 Å². The third-order valence-corrected chi connectivity index (χ3v) is 4.24. The Balaban J connectivity index is 2.14. The van der Waals surface area contributed by atoms with Crippen LogP contribution in [0.3, 0.4) is 0 Å². The molecule has 0 aliphatic rings. The number of carboxylic acid groups (broad SMARTS) is 1. The van der Waals surface area contributed by atoms with Crippen molar-refractivity contribution in [3.05, 3.63) is 47.2 Å². The number of benzene rings is 1. The molecule has 0 atom stereocenters. The fourth-order valence-corrected chi connectivity index (χ4v) is 3.13. The first kappa shape index (κ1) is 15.9. The number of carboxylic acids is 1. The highest BCUT2D eigenvalue weighted by Gasteiger charge is 2.21. The van der Waals surface area contributed by atoms with Crippen LogP contribution in [0.25, 0.3) is 21.3 Å². The molecule has 0 saturated heterocycles. The summed E-state index contributed by atoms with van der Waals surface area (Å²) < 4.78 is 13.8. The third kappa shape index (κ3) is 2.91. The summed E-state index contributed by atoms with van der Waals surface area (Å²) in [5, 5.41) is 23.2. The van der Waals surface area contributed by atoms with E-state index in [1.165, 1.54) is 35.6 Å². The van der Waals surface area contributed by atoms with E-state index < -0.39 is 24.2 Å². The van der Waals surface area contributed by atoms with Crippen LogP contribution in [0.4, 0.5) is 4.39 Å². The maximum atomic E-state index is 13.1. The zero-order valence-electron chi connectivity index (χ0n) is 12.1. The highest BCUT2D eigenvalue weighted by molar-refractivity contribution is 7.17. The average Bonchev–Trinajstić information content (AvgIpc) is 3.04. The first-order valence-electron chi connectivity index (χ1n) is 6.83. The number of fused-ring (bicyclic) bond motifs is 1. The van der Waals surface area contributed by atoms with E-state index in [1.54, 1.807) is 11.4 Å². The van der Waals surface area contributed by atoms with Crippen molar-refractivity contribution in [2.75, 3.05) is 6.54 Å². The van der Waals surface area contributed by atoms with Crippen molar-refractivity contribution in [2.24, 2.45) is 0 Å². The summed E-state index contributed by atoms with van der Waals surface area (Å²) in [4.78, 5) is 26.9. The van der Waals surface area contributed by atoms with Gasteiger partial charge in [0.05, 0.1) is 10.4 Å². The molecular weight excluding hydrogens is 335 g/mol. The second-order valence-corrected chi connectivity index (χ2v) is 5.82. The Labute approximate surface area is 139 Å². The van der Waals surface area contributed by atoms with Crippen molar-refractivity contribution < 1.29 is 24.2 Å². The normalized spacial score (nSPS) is 10.7. The number of pyridine rings is 1. The highest BCUT2D eigenvalue weighted by Crippen LogP contribution is 2.37. The number of aromatic hydroxyl groups is 1. The lowest BCUT2D eigenvalue weighted by Gasteiger charge is -2.09. The van der Waals surface area contributed by atoms with Crippen LogP contribution in [-0.2, 0) is 4.79 Å². The van der Waals surface area contributed by atoms with Gasteiger partial charge in [0.25, 0.3) is 5.91 Å². The molecule has 3 aromatic rings. The molecule has 0 fully saturated rings. The molecule has 0 unspecified atom stereocenters. The first-order chi connectivity index (χ1) is 11.5. The fraction of sp³-hybridized carbons (Fsp3) is 0.0625. The Morgan fingerprint density at radius 1 is 1.21 bits per heavy atom. The summed E-state index contributed by atoms with van der Waals surface area (Å²) in [5.74, 6) is -2.73. The smallest absolute Gasteiger partial charge is 0.322 e. The van der Waals surface area contributed by atoms with E-state index in [-0.39, 0.29) is 11.4 Å². The summed E-state index contributed by atoms with van der Waals surface area (Å²) in [5.41, 5.74) is 0.718. The average molecular weight is 346 g/mol. The van der Waals surface area contributed by atoms with Crippen LogP contribution in [0.1, 0.15) is 10.5 Å². The number of nitrogens with one attached hydrogen (secondary N) is 1. The molecule has 0 bridgehead atoms. The molecule has 24 heavy (non-hydrogen) atoms. The van der Waals surface area contributed by atoms with Crippen LogP contribution in [0.5, 0.6) is 5.75 Å². The number of carbonyl (C=O) groups is 2. The molecule has 1 amide bonds. The Kier molecular flexibility index (Phi) is 4.13. The minimum Gasteiger partial charge on any atom is -0.505 e. The van der Waals surface area contributed by atoms with Crippen molar-refractivity contribution in [1.82, 2.24) is 10.3 Å². The van der Waals surface area contributed by atoms with Gasteiger partial charge in [-0.3, -0.25) is 9.59 Å². The fourth-order valence-electron chi connectivity index (χ4n) is 2.22. The minimum atomic E-state index is -1.21. The van der Waals surface area contributed by atoms with Gasteiger partial charge in [0.2, 0.25) is 0 Å². The van der Waals surface area contributed by atoms with Crippen LogP contribution in [-0.4, -0.2) is 33.6 Å². The Hall–Kier alpha value is -3.00. The van der Waals surface area contributed by atoms with Gasteiger partial charge in [0.15, 0.2) is 11.4 Å². The number of thiophene rings is 1. The van der Waals surface area contributed by atoms with Gasteiger partial charge in [-0.15, -0.1) is 11.3 Å². The Morgan fingerprint density at radius 3 is 2.58 bits per heavy atom. The van der Waals surface area contributed by atoms with E-state index in [0.717, 1.165) is 0 Å². The number of amides is 1. The van der Waals surface area contributed by atoms with Crippen LogP contribution in [0.2, 0.25) is 0 Å². The topological polar surface area (TPSA) is 99.5 Å². The van der Waals surface area contributed by atoms with Crippen LogP contribution < -0.4 is 5.32 Å². The summed E-state index contributed by atoms with van der Waals surface area (Å²) in [6, 6.07) is 7.22. The van der Waals surface area contributed by atoms with E-state index >= 15 is 0 Å². The van der Waals surface area contributed by atoms with Gasteiger partial charge in [0.1, 0.15) is 12.4 Å². The molecule has 6 nitrogen and oxygen atoms in total. The van der Waals surface area contributed by atoms with E-state index in [9.17, 15) is 19.1 Å². The number of carbonyl (C=O) groups excluding carboxylic acids is 1. The molecule has 1 aromatic carbocycles. The number of aromatic nitrogens is 1. The Bertz CT molecular complexity index is 937. The van der Waals surface area contributed by atoms with Crippen molar-refractivity contribution in [3.63, 3.8) is 0 Å². The predicted molar refractivity (Wildman–Crippen MR) is 86.6 cm³/mol. The van der Waals surface area contributed by atoms with E-state index in [4.69, 9.17) is 5.11 Å². The SMILES string of the molecule is O=C(O)CNC(=O)c1nc(-c2ccc(F)cc2)c2sccc2c1O. The zero-order valence-corrected chi connectivity index (χ0v) is 12.9. The molecule has 8 heteroatoms. The van der Waals surface area contributed by atoms with E-state index in [0.29, 0.717) is 21.3 Å². The van der Waals surface area contributed by atoms with Crippen molar-refractivity contribution >= 4 is 33.3 Å². The molecular formula is C16H11FN2O4S. The summed E-state index contributed by atoms with van der Waals surface area (Å²) >= 11 is 1.32. The van der Waals surface area contributed by atoms with Crippen LogP contribution >= 0.6 is 11.3 Å². The van der Waals surface area contributed by atoms with Crippen molar-refractivity contribution in [1.29, 1.82) is 0 Å². The van der Waals surface area contributed by atoms with Gasteiger partial charge in [0, 0.05) is 10.9 Å². The lowest BCUT2D eigenvalue weighted by molar-refractivity contribution is -0.135. The number of hydrogen-bond acceptors (Lipinski definition) is 5. The van der Waals surface area contributed by atoms with Crippen LogP contribution in [0, 0.1) is 5.82 Å². The number of rotatable bonds is 4.